The molecule has 0 bridgehead atoms. The second-order valence-corrected chi connectivity index (χ2v) is 5.52. The summed E-state index contributed by atoms with van der Waals surface area (Å²) in [7, 11) is 0. The summed E-state index contributed by atoms with van der Waals surface area (Å²) >= 11 is 0. The number of carbonyl (C=O) groups excluding carboxylic acids is 1. The lowest BCUT2D eigenvalue weighted by molar-refractivity contribution is -0.140. The SMILES string of the molecule is O=C(O)CC1CCN(C(=O)C2CNc3ccccc3O2)C1. The van der Waals surface area contributed by atoms with Crippen LogP contribution in [-0.4, -0.2) is 47.6 Å². The van der Waals surface area contributed by atoms with Crippen molar-refractivity contribution >= 4 is 17.6 Å². The molecule has 112 valence electrons. The number of fused-ring (bicyclic) bond motifs is 1. The number of ether oxygens (including phenoxy) is 1. The van der Waals surface area contributed by atoms with Crippen molar-refractivity contribution in [1.29, 1.82) is 0 Å². The number of nitrogens with zero attached hydrogens (tertiary/aromatic N) is 1. The highest BCUT2D eigenvalue weighted by Gasteiger charge is 2.34. The van der Waals surface area contributed by atoms with Crippen molar-refractivity contribution in [3.63, 3.8) is 0 Å². The van der Waals surface area contributed by atoms with Crippen LogP contribution in [0.2, 0.25) is 0 Å². The highest BCUT2D eigenvalue weighted by molar-refractivity contribution is 5.83. The third kappa shape index (κ3) is 2.94. The molecule has 6 nitrogen and oxygen atoms in total. The number of nitrogens with one attached hydrogen (secondary N) is 1. The summed E-state index contributed by atoms with van der Waals surface area (Å²) < 4.78 is 5.75. The molecule has 2 heterocycles. The second kappa shape index (κ2) is 5.63. The van der Waals surface area contributed by atoms with Crippen LogP contribution in [0, 0.1) is 5.92 Å². The first-order valence-corrected chi connectivity index (χ1v) is 7.13. The van der Waals surface area contributed by atoms with E-state index in [1.54, 1.807) is 4.90 Å². The molecule has 0 aromatic heterocycles. The van der Waals surface area contributed by atoms with Crippen LogP contribution in [0.3, 0.4) is 0 Å². The van der Waals surface area contributed by atoms with Gasteiger partial charge >= 0.3 is 5.97 Å². The number of likely N-dealkylation sites (tertiary alicyclic amines) is 1. The van der Waals surface area contributed by atoms with Gasteiger partial charge in [0.25, 0.3) is 5.91 Å². The van der Waals surface area contributed by atoms with Crippen LogP contribution in [0.25, 0.3) is 0 Å². The fourth-order valence-electron chi connectivity index (χ4n) is 2.90. The number of aliphatic carboxylic acids is 1. The highest BCUT2D eigenvalue weighted by Crippen LogP contribution is 2.29. The van der Waals surface area contributed by atoms with Gasteiger partial charge in [0.2, 0.25) is 0 Å². The maximum Gasteiger partial charge on any atom is 0.303 e. The summed E-state index contributed by atoms with van der Waals surface area (Å²) in [5.41, 5.74) is 0.895. The van der Waals surface area contributed by atoms with Crippen LogP contribution in [0.5, 0.6) is 5.75 Å². The van der Waals surface area contributed by atoms with Gasteiger partial charge in [-0.15, -0.1) is 0 Å². The van der Waals surface area contributed by atoms with Gasteiger partial charge < -0.3 is 20.1 Å². The molecule has 2 atom stereocenters. The number of rotatable bonds is 3. The van der Waals surface area contributed by atoms with Crippen molar-refractivity contribution in [3.8, 4) is 5.75 Å². The lowest BCUT2D eigenvalue weighted by Gasteiger charge is -2.29. The van der Waals surface area contributed by atoms with Gasteiger partial charge in [-0.3, -0.25) is 9.59 Å². The third-order valence-electron chi connectivity index (χ3n) is 3.97. The Morgan fingerprint density at radius 2 is 2.19 bits per heavy atom. The van der Waals surface area contributed by atoms with Gasteiger partial charge in [0.05, 0.1) is 12.2 Å². The minimum Gasteiger partial charge on any atom is -0.481 e. The number of anilines is 1. The number of para-hydroxylation sites is 2. The summed E-state index contributed by atoms with van der Waals surface area (Å²) in [6.45, 7) is 1.56. The Labute approximate surface area is 122 Å². The van der Waals surface area contributed by atoms with E-state index in [9.17, 15) is 9.59 Å². The standard InChI is InChI=1S/C15H18N2O4/c18-14(19)7-10-5-6-17(9-10)15(20)13-8-16-11-3-1-2-4-12(11)21-13/h1-4,10,13,16H,5-9H2,(H,18,19). The normalized spacial score (nSPS) is 23.9. The van der Waals surface area contributed by atoms with E-state index >= 15 is 0 Å². The fourth-order valence-corrected chi connectivity index (χ4v) is 2.90. The molecule has 2 unspecified atom stereocenters. The number of carboxylic acid groups (broad SMARTS) is 1. The highest BCUT2D eigenvalue weighted by atomic mass is 16.5. The summed E-state index contributed by atoms with van der Waals surface area (Å²) in [5, 5.41) is 12.0. The molecule has 0 aliphatic carbocycles. The first kappa shape index (κ1) is 13.7. The van der Waals surface area contributed by atoms with Gasteiger partial charge in [0, 0.05) is 19.5 Å². The van der Waals surface area contributed by atoms with Gasteiger partial charge in [-0.2, -0.15) is 0 Å². The van der Waals surface area contributed by atoms with Gasteiger partial charge in [0.15, 0.2) is 6.10 Å². The number of hydrogen-bond acceptors (Lipinski definition) is 4. The average molecular weight is 290 g/mol. The Bertz CT molecular complexity index is 560. The zero-order valence-electron chi connectivity index (χ0n) is 11.6. The Morgan fingerprint density at radius 1 is 1.38 bits per heavy atom. The molecule has 0 saturated carbocycles. The Hall–Kier alpha value is -2.24. The summed E-state index contributed by atoms with van der Waals surface area (Å²) in [6, 6.07) is 7.52. The van der Waals surface area contributed by atoms with Crippen molar-refractivity contribution in [2.45, 2.75) is 18.9 Å². The molecular formula is C15H18N2O4. The molecule has 1 aromatic rings. The molecule has 2 aliphatic rings. The largest absolute Gasteiger partial charge is 0.481 e. The molecule has 3 rings (SSSR count). The monoisotopic (exact) mass is 290 g/mol. The third-order valence-corrected chi connectivity index (χ3v) is 3.97. The zero-order chi connectivity index (χ0) is 14.8. The van der Waals surface area contributed by atoms with E-state index in [1.807, 2.05) is 24.3 Å². The first-order chi connectivity index (χ1) is 10.1. The van der Waals surface area contributed by atoms with Gasteiger partial charge in [-0.1, -0.05) is 12.1 Å². The first-order valence-electron chi connectivity index (χ1n) is 7.13. The molecule has 1 aromatic carbocycles. The van der Waals surface area contributed by atoms with Crippen molar-refractivity contribution in [3.05, 3.63) is 24.3 Å². The van der Waals surface area contributed by atoms with Crippen molar-refractivity contribution < 1.29 is 19.4 Å². The van der Waals surface area contributed by atoms with Gasteiger partial charge in [0.1, 0.15) is 5.75 Å². The van der Waals surface area contributed by atoms with Gasteiger partial charge in [-0.25, -0.2) is 0 Å². The number of hydrogen-bond donors (Lipinski definition) is 2. The molecule has 1 saturated heterocycles. The van der Waals surface area contributed by atoms with Crippen LogP contribution < -0.4 is 10.1 Å². The van der Waals surface area contributed by atoms with Crippen molar-refractivity contribution in [1.82, 2.24) is 4.90 Å². The van der Waals surface area contributed by atoms with Crippen LogP contribution >= 0.6 is 0 Å². The molecule has 21 heavy (non-hydrogen) atoms. The topological polar surface area (TPSA) is 78.9 Å². The van der Waals surface area contributed by atoms with E-state index in [1.165, 1.54) is 0 Å². The molecular weight excluding hydrogens is 272 g/mol. The van der Waals surface area contributed by atoms with E-state index in [-0.39, 0.29) is 18.2 Å². The number of benzene rings is 1. The average Bonchev–Trinajstić information content (AvgIpc) is 2.93. The summed E-state index contributed by atoms with van der Waals surface area (Å²) in [5.74, 6) is -0.137. The van der Waals surface area contributed by atoms with E-state index in [0.29, 0.717) is 25.4 Å². The van der Waals surface area contributed by atoms with Crippen LogP contribution in [0.4, 0.5) is 5.69 Å². The molecule has 2 N–H and O–H groups in total. The van der Waals surface area contributed by atoms with E-state index in [0.717, 1.165) is 12.1 Å². The number of carboxylic acids is 1. The summed E-state index contributed by atoms with van der Waals surface area (Å²) in [6.07, 6.45) is 0.328. The van der Waals surface area contributed by atoms with E-state index < -0.39 is 12.1 Å². The maximum absolute atomic E-state index is 12.5. The predicted octanol–water partition coefficient (Wildman–Crippen LogP) is 1.18. The quantitative estimate of drug-likeness (QED) is 0.874. The Kier molecular flexibility index (Phi) is 3.68. The number of amides is 1. The molecule has 0 radical (unpaired) electrons. The maximum atomic E-state index is 12.5. The van der Waals surface area contributed by atoms with Gasteiger partial charge in [-0.05, 0) is 24.5 Å². The predicted molar refractivity (Wildman–Crippen MR) is 76.3 cm³/mol. The minimum atomic E-state index is -0.807. The Balaban J connectivity index is 1.61. The van der Waals surface area contributed by atoms with E-state index in [2.05, 4.69) is 5.32 Å². The molecule has 1 amide bonds. The summed E-state index contributed by atoms with van der Waals surface area (Å²) in [4.78, 5) is 24.9. The number of carbonyl (C=O) groups is 2. The van der Waals surface area contributed by atoms with Crippen LogP contribution in [0.15, 0.2) is 24.3 Å². The lowest BCUT2D eigenvalue weighted by Crippen LogP contribution is -2.46. The molecule has 1 fully saturated rings. The van der Waals surface area contributed by atoms with Crippen molar-refractivity contribution in [2.75, 3.05) is 25.0 Å². The Morgan fingerprint density at radius 3 is 3.00 bits per heavy atom. The zero-order valence-corrected chi connectivity index (χ0v) is 11.6. The minimum absolute atomic E-state index is 0.0512. The second-order valence-electron chi connectivity index (χ2n) is 5.52. The molecule has 0 spiro atoms. The van der Waals surface area contributed by atoms with Crippen LogP contribution in [-0.2, 0) is 9.59 Å². The molecule has 2 aliphatic heterocycles. The lowest BCUT2D eigenvalue weighted by atomic mass is 10.1. The fraction of sp³-hybridized carbons (Fsp3) is 0.467. The smallest absolute Gasteiger partial charge is 0.303 e. The van der Waals surface area contributed by atoms with Crippen LogP contribution in [0.1, 0.15) is 12.8 Å². The van der Waals surface area contributed by atoms with Crippen molar-refractivity contribution in [2.24, 2.45) is 5.92 Å². The van der Waals surface area contributed by atoms with E-state index in [4.69, 9.17) is 9.84 Å². The molecule has 6 heteroatoms.